The number of hydrogen-bond acceptors (Lipinski definition) is 5. The lowest BCUT2D eigenvalue weighted by Gasteiger charge is -2.17. The number of likely N-dealkylation sites (tertiary alicyclic amines) is 1. The molecule has 6 heteroatoms. The molecule has 4 rings (SSSR count). The van der Waals surface area contributed by atoms with Gasteiger partial charge in [0.25, 0.3) is 0 Å². The summed E-state index contributed by atoms with van der Waals surface area (Å²) in [6.07, 6.45) is 4.67. The van der Waals surface area contributed by atoms with Gasteiger partial charge in [-0.2, -0.15) is 0 Å². The molecular weight excluding hydrogens is 328 g/mol. The topological polar surface area (TPSA) is 78.4 Å². The number of rotatable bonds is 4. The number of aromatic nitrogens is 2. The number of carboxylic acids is 1. The maximum atomic E-state index is 11.1. The van der Waals surface area contributed by atoms with Crippen LogP contribution >= 0.6 is 0 Å². The van der Waals surface area contributed by atoms with Crippen LogP contribution in [-0.4, -0.2) is 52.1 Å². The van der Waals surface area contributed by atoms with Crippen LogP contribution in [0.25, 0.3) is 22.2 Å². The molecule has 0 aliphatic carbocycles. The second kappa shape index (κ2) is 6.72. The van der Waals surface area contributed by atoms with Crippen LogP contribution < -0.4 is 5.32 Å². The highest BCUT2D eigenvalue weighted by Gasteiger charge is 2.20. The molecule has 1 atom stereocenters. The average molecular weight is 348 g/mol. The lowest BCUT2D eigenvalue weighted by molar-refractivity contribution is 0.0697. The maximum absolute atomic E-state index is 11.1. The molecule has 0 saturated carbocycles. The summed E-state index contributed by atoms with van der Waals surface area (Å²) in [5.74, 6) is -0.929. The number of carbonyl (C=O) groups is 1. The highest BCUT2D eigenvalue weighted by molar-refractivity contribution is 5.93. The second-order valence-corrected chi connectivity index (χ2v) is 6.72. The van der Waals surface area contributed by atoms with E-state index in [0.717, 1.165) is 47.4 Å². The molecule has 0 spiro atoms. The number of nitrogens with one attached hydrogen (secondary N) is 1. The molecule has 0 bridgehead atoms. The maximum Gasteiger partial charge on any atom is 0.335 e. The van der Waals surface area contributed by atoms with E-state index < -0.39 is 5.97 Å². The van der Waals surface area contributed by atoms with E-state index in [-0.39, 0.29) is 5.56 Å². The van der Waals surface area contributed by atoms with E-state index in [1.54, 1.807) is 30.5 Å². The van der Waals surface area contributed by atoms with Gasteiger partial charge in [-0.1, -0.05) is 12.1 Å². The number of hydrogen-bond donors (Lipinski definition) is 2. The fourth-order valence-corrected chi connectivity index (χ4v) is 3.39. The van der Waals surface area contributed by atoms with Gasteiger partial charge in [0, 0.05) is 41.6 Å². The van der Waals surface area contributed by atoms with Gasteiger partial charge in [0.15, 0.2) is 0 Å². The smallest absolute Gasteiger partial charge is 0.335 e. The molecule has 1 fully saturated rings. The predicted molar refractivity (Wildman–Crippen MR) is 101 cm³/mol. The summed E-state index contributed by atoms with van der Waals surface area (Å²) >= 11 is 0. The quantitative estimate of drug-likeness (QED) is 0.754. The van der Waals surface area contributed by atoms with E-state index in [2.05, 4.69) is 22.2 Å². The molecule has 1 saturated heterocycles. The van der Waals surface area contributed by atoms with Crippen molar-refractivity contribution in [3.8, 4) is 11.3 Å². The number of carboxylic acid groups (broad SMARTS) is 1. The van der Waals surface area contributed by atoms with Crippen LogP contribution in [0.15, 0.2) is 48.8 Å². The highest BCUT2D eigenvalue weighted by atomic mass is 16.4. The van der Waals surface area contributed by atoms with Crippen LogP contribution in [0.4, 0.5) is 5.69 Å². The van der Waals surface area contributed by atoms with E-state index in [0.29, 0.717) is 6.04 Å². The lowest BCUT2D eigenvalue weighted by atomic mass is 10.1. The monoisotopic (exact) mass is 348 g/mol. The van der Waals surface area contributed by atoms with Gasteiger partial charge in [-0.3, -0.25) is 4.98 Å². The zero-order chi connectivity index (χ0) is 18.1. The molecule has 6 nitrogen and oxygen atoms in total. The molecule has 1 aliphatic heterocycles. The van der Waals surface area contributed by atoms with E-state index in [1.807, 2.05) is 18.3 Å². The Bertz CT molecular complexity index is 956. The number of fused-ring (bicyclic) bond motifs is 1. The number of pyridine rings is 2. The Morgan fingerprint density at radius 3 is 2.77 bits per heavy atom. The van der Waals surface area contributed by atoms with Gasteiger partial charge in [0.2, 0.25) is 0 Å². The van der Waals surface area contributed by atoms with Crippen molar-refractivity contribution >= 4 is 22.6 Å². The fourth-order valence-electron chi connectivity index (χ4n) is 3.39. The summed E-state index contributed by atoms with van der Waals surface area (Å²) in [6, 6.07) is 11.1. The SMILES string of the molecule is CN1CCC(Nc2cc(-c3ccc(C(=O)O)cc3)nc3ccncc23)C1. The molecule has 1 aromatic carbocycles. The van der Waals surface area contributed by atoms with Gasteiger partial charge < -0.3 is 15.3 Å². The molecule has 0 amide bonds. The number of anilines is 1. The van der Waals surface area contributed by atoms with E-state index >= 15 is 0 Å². The largest absolute Gasteiger partial charge is 0.478 e. The number of nitrogens with zero attached hydrogens (tertiary/aromatic N) is 3. The lowest BCUT2D eigenvalue weighted by Crippen LogP contribution is -2.23. The van der Waals surface area contributed by atoms with E-state index in [9.17, 15) is 4.79 Å². The molecule has 2 aromatic heterocycles. The third-order valence-electron chi connectivity index (χ3n) is 4.79. The average Bonchev–Trinajstić information content (AvgIpc) is 3.06. The highest BCUT2D eigenvalue weighted by Crippen LogP contribution is 2.29. The van der Waals surface area contributed by atoms with Crippen molar-refractivity contribution < 1.29 is 9.90 Å². The second-order valence-electron chi connectivity index (χ2n) is 6.72. The molecule has 0 radical (unpaired) electrons. The standard InChI is InChI=1S/C20H20N4O2/c1-24-9-7-15(12-24)22-19-10-18(23-17-6-8-21-11-16(17)19)13-2-4-14(5-3-13)20(25)26/h2-6,8,10-11,15H,7,9,12H2,1H3,(H,22,23)(H,25,26). The van der Waals surface area contributed by atoms with Crippen molar-refractivity contribution in [1.29, 1.82) is 0 Å². The first kappa shape index (κ1) is 16.5. The molecule has 1 aliphatic rings. The van der Waals surface area contributed by atoms with Gasteiger partial charge in [0.1, 0.15) is 0 Å². The Kier molecular flexibility index (Phi) is 4.26. The van der Waals surface area contributed by atoms with Crippen LogP contribution in [0, 0.1) is 0 Å². The van der Waals surface area contributed by atoms with Gasteiger partial charge in [0.05, 0.1) is 16.8 Å². The first-order valence-corrected chi connectivity index (χ1v) is 8.64. The van der Waals surface area contributed by atoms with Crippen molar-refractivity contribution in [3.63, 3.8) is 0 Å². The normalized spacial score (nSPS) is 17.5. The van der Waals surface area contributed by atoms with E-state index in [1.165, 1.54) is 0 Å². The Morgan fingerprint density at radius 1 is 1.27 bits per heavy atom. The number of benzene rings is 1. The summed E-state index contributed by atoms with van der Waals surface area (Å²) in [4.78, 5) is 22.3. The van der Waals surface area contributed by atoms with Gasteiger partial charge in [-0.05, 0) is 44.3 Å². The summed E-state index contributed by atoms with van der Waals surface area (Å²) in [6.45, 7) is 2.09. The third kappa shape index (κ3) is 3.23. The molecular formula is C20H20N4O2. The Morgan fingerprint density at radius 2 is 2.08 bits per heavy atom. The van der Waals surface area contributed by atoms with Crippen molar-refractivity contribution in [2.75, 3.05) is 25.5 Å². The van der Waals surface area contributed by atoms with Gasteiger partial charge in [-0.15, -0.1) is 0 Å². The third-order valence-corrected chi connectivity index (χ3v) is 4.79. The summed E-state index contributed by atoms with van der Waals surface area (Å²) < 4.78 is 0. The first-order valence-electron chi connectivity index (χ1n) is 8.64. The van der Waals surface area contributed by atoms with Crippen LogP contribution in [0.5, 0.6) is 0 Å². The van der Waals surface area contributed by atoms with Crippen LogP contribution in [-0.2, 0) is 0 Å². The van der Waals surface area contributed by atoms with Crippen LogP contribution in [0.1, 0.15) is 16.8 Å². The van der Waals surface area contributed by atoms with Crippen LogP contribution in [0.2, 0.25) is 0 Å². The minimum atomic E-state index is -0.929. The molecule has 3 heterocycles. The van der Waals surface area contributed by atoms with E-state index in [4.69, 9.17) is 10.1 Å². The van der Waals surface area contributed by atoms with Crippen molar-refractivity contribution in [2.45, 2.75) is 12.5 Å². The Labute approximate surface area is 151 Å². The van der Waals surface area contributed by atoms with Crippen molar-refractivity contribution in [1.82, 2.24) is 14.9 Å². The van der Waals surface area contributed by atoms with Gasteiger partial charge >= 0.3 is 5.97 Å². The molecule has 26 heavy (non-hydrogen) atoms. The summed E-state index contributed by atoms with van der Waals surface area (Å²) in [5, 5.41) is 13.7. The zero-order valence-corrected chi connectivity index (χ0v) is 14.5. The minimum Gasteiger partial charge on any atom is -0.478 e. The van der Waals surface area contributed by atoms with Gasteiger partial charge in [-0.25, -0.2) is 9.78 Å². The molecule has 3 aromatic rings. The Hall–Kier alpha value is -2.99. The summed E-state index contributed by atoms with van der Waals surface area (Å²) in [5.41, 5.74) is 3.86. The van der Waals surface area contributed by atoms with Crippen molar-refractivity contribution in [3.05, 3.63) is 54.4 Å². The first-order chi connectivity index (χ1) is 12.6. The number of likely N-dealkylation sites (N-methyl/N-ethyl adjacent to an activating group) is 1. The number of aromatic carboxylic acids is 1. The Balaban J connectivity index is 1.74. The van der Waals surface area contributed by atoms with Crippen LogP contribution in [0.3, 0.4) is 0 Å². The summed E-state index contributed by atoms with van der Waals surface area (Å²) in [7, 11) is 2.13. The molecule has 2 N–H and O–H groups in total. The van der Waals surface area contributed by atoms with Crippen molar-refractivity contribution in [2.24, 2.45) is 0 Å². The molecule has 1 unspecified atom stereocenters. The minimum absolute atomic E-state index is 0.270. The zero-order valence-electron chi connectivity index (χ0n) is 14.5. The fraction of sp³-hybridized carbons (Fsp3) is 0.250. The molecule has 132 valence electrons. The predicted octanol–water partition coefficient (Wildman–Crippen LogP) is 3.11.